The largest absolute Gasteiger partial charge is 0.493 e. The van der Waals surface area contributed by atoms with Gasteiger partial charge in [0.05, 0.1) is 25.5 Å². The SMILES string of the molecule is COc1cc(-c2nc(CN3CCO[C@@H](CN)C3)c(C)o2)cc2c1OCO2. The highest BCUT2D eigenvalue weighted by atomic mass is 16.7. The second kappa shape index (κ2) is 7.14. The van der Waals surface area contributed by atoms with Gasteiger partial charge in [0.2, 0.25) is 18.4 Å². The van der Waals surface area contributed by atoms with Crippen LogP contribution < -0.4 is 19.9 Å². The van der Waals surface area contributed by atoms with Crippen LogP contribution in [0, 0.1) is 6.92 Å². The lowest BCUT2D eigenvalue weighted by molar-refractivity contribution is -0.0264. The van der Waals surface area contributed by atoms with Gasteiger partial charge in [0, 0.05) is 31.7 Å². The van der Waals surface area contributed by atoms with Crippen LogP contribution in [-0.2, 0) is 11.3 Å². The molecule has 1 aromatic carbocycles. The molecule has 1 atom stereocenters. The van der Waals surface area contributed by atoms with Gasteiger partial charge in [0.1, 0.15) is 5.76 Å². The topological polar surface area (TPSA) is 92.2 Å². The number of hydrogen-bond donors (Lipinski definition) is 1. The Morgan fingerprint density at radius 3 is 3.04 bits per heavy atom. The number of rotatable bonds is 5. The summed E-state index contributed by atoms with van der Waals surface area (Å²) >= 11 is 0. The molecule has 1 aromatic heterocycles. The van der Waals surface area contributed by atoms with Crippen molar-refractivity contribution in [2.75, 3.05) is 40.1 Å². The first-order chi connectivity index (χ1) is 12.7. The molecule has 2 N–H and O–H groups in total. The van der Waals surface area contributed by atoms with Crippen molar-refractivity contribution in [3.63, 3.8) is 0 Å². The number of aryl methyl sites for hydroxylation is 1. The summed E-state index contributed by atoms with van der Waals surface area (Å²) in [6.07, 6.45) is 0.0774. The van der Waals surface area contributed by atoms with Gasteiger partial charge in [-0.05, 0) is 19.1 Å². The zero-order valence-electron chi connectivity index (χ0n) is 15.0. The van der Waals surface area contributed by atoms with Gasteiger partial charge in [-0.1, -0.05) is 0 Å². The summed E-state index contributed by atoms with van der Waals surface area (Å²) in [5.74, 6) is 3.19. The summed E-state index contributed by atoms with van der Waals surface area (Å²) < 4.78 is 27.8. The molecule has 0 unspecified atom stereocenters. The molecule has 8 heteroatoms. The van der Waals surface area contributed by atoms with E-state index in [9.17, 15) is 0 Å². The highest BCUT2D eigenvalue weighted by molar-refractivity contribution is 5.66. The minimum Gasteiger partial charge on any atom is -0.493 e. The summed E-state index contributed by atoms with van der Waals surface area (Å²) in [6, 6.07) is 3.71. The summed E-state index contributed by atoms with van der Waals surface area (Å²) in [7, 11) is 1.60. The average molecular weight is 361 g/mol. The van der Waals surface area contributed by atoms with Crippen molar-refractivity contribution in [1.82, 2.24) is 9.88 Å². The maximum atomic E-state index is 5.91. The van der Waals surface area contributed by atoms with Gasteiger partial charge in [-0.25, -0.2) is 4.98 Å². The van der Waals surface area contributed by atoms with Crippen molar-refractivity contribution in [3.8, 4) is 28.7 Å². The van der Waals surface area contributed by atoms with Crippen molar-refractivity contribution >= 4 is 0 Å². The molecule has 1 saturated heterocycles. The van der Waals surface area contributed by atoms with E-state index in [4.69, 9.17) is 34.1 Å². The standard InChI is InChI=1S/C18H23N3O5/c1-11-14(9-21-3-4-23-13(7-19)8-21)20-18(26-11)12-5-15(22-2)17-16(6-12)24-10-25-17/h5-6,13H,3-4,7-10,19H2,1-2H3/t13-/m0/s1. The van der Waals surface area contributed by atoms with E-state index in [2.05, 4.69) is 4.90 Å². The van der Waals surface area contributed by atoms with Crippen LogP contribution in [0.2, 0.25) is 0 Å². The van der Waals surface area contributed by atoms with Crippen LogP contribution in [0.25, 0.3) is 11.5 Å². The van der Waals surface area contributed by atoms with E-state index in [0.717, 1.165) is 30.1 Å². The van der Waals surface area contributed by atoms with Crippen molar-refractivity contribution < 1.29 is 23.4 Å². The number of ether oxygens (including phenoxy) is 4. The van der Waals surface area contributed by atoms with E-state index in [1.165, 1.54) is 0 Å². The molecule has 0 radical (unpaired) electrons. The Bertz CT molecular complexity index is 791. The van der Waals surface area contributed by atoms with Crippen LogP contribution in [0.5, 0.6) is 17.2 Å². The van der Waals surface area contributed by atoms with Crippen LogP contribution in [0.4, 0.5) is 0 Å². The zero-order chi connectivity index (χ0) is 18.1. The molecule has 0 bridgehead atoms. The predicted molar refractivity (Wildman–Crippen MR) is 93.4 cm³/mol. The first-order valence-corrected chi connectivity index (χ1v) is 8.66. The molecule has 1 fully saturated rings. The monoisotopic (exact) mass is 361 g/mol. The summed E-state index contributed by atoms with van der Waals surface area (Å²) in [5, 5.41) is 0. The third-order valence-electron chi connectivity index (χ3n) is 4.66. The Kier molecular flexibility index (Phi) is 4.71. The average Bonchev–Trinajstić information content (AvgIpc) is 3.28. The predicted octanol–water partition coefficient (Wildman–Crippen LogP) is 1.55. The van der Waals surface area contributed by atoms with Crippen LogP contribution in [-0.4, -0.2) is 56.1 Å². The number of nitrogens with zero attached hydrogens (tertiary/aromatic N) is 2. The minimum absolute atomic E-state index is 0.0774. The number of methoxy groups -OCH3 is 1. The van der Waals surface area contributed by atoms with Gasteiger partial charge < -0.3 is 29.1 Å². The van der Waals surface area contributed by atoms with Crippen LogP contribution in [0.15, 0.2) is 16.5 Å². The number of benzene rings is 1. The van der Waals surface area contributed by atoms with E-state index in [1.807, 2.05) is 19.1 Å². The molecule has 4 rings (SSSR count). The molecular weight excluding hydrogens is 338 g/mol. The third kappa shape index (κ3) is 3.23. The molecule has 0 amide bonds. The van der Waals surface area contributed by atoms with Gasteiger partial charge in [-0.3, -0.25) is 4.90 Å². The fraction of sp³-hybridized carbons (Fsp3) is 0.500. The second-order valence-electron chi connectivity index (χ2n) is 6.40. The van der Waals surface area contributed by atoms with Crippen molar-refractivity contribution in [2.24, 2.45) is 5.73 Å². The van der Waals surface area contributed by atoms with Crippen LogP contribution in [0.3, 0.4) is 0 Å². The van der Waals surface area contributed by atoms with E-state index in [-0.39, 0.29) is 12.9 Å². The van der Waals surface area contributed by atoms with Gasteiger partial charge >= 0.3 is 0 Å². The summed E-state index contributed by atoms with van der Waals surface area (Å²) in [5.41, 5.74) is 7.43. The van der Waals surface area contributed by atoms with Crippen LogP contribution >= 0.6 is 0 Å². The van der Waals surface area contributed by atoms with E-state index >= 15 is 0 Å². The molecule has 26 heavy (non-hydrogen) atoms. The lowest BCUT2D eigenvalue weighted by Gasteiger charge is -2.31. The highest BCUT2D eigenvalue weighted by Gasteiger charge is 2.24. The van der Waals surface area contributed by atoms with Crippen LogP contribution in [0.1, 0.15) is 11.5 Å². The van der Waals surface area contributed by atoms with Crippen molar-refractivity contribution in [2.45, 2.75) is 19.6 Å². The molecule has 3 heterocycles. The number of fused-ring (bicyclic) bond motifs is 1. The maximum Gasteiger partial charge on any atom is 0.231 e. The lowest BCUT2D eigenvalue weighted by Crippen LogP contribution is -2.45. The van der Waals surface area contributed by atoms with E-state index in [0.29, 0.717) is 42.8 Å². The van der Waals surface area contributed by atoms with Gasteiger partial charge in [0.15, 0.2) is 11.5 Å². The number of nitrogens with two attached hydrogens (primary N) is 1. The fourth-order valence-corrected chi connectivity index (χ4v) is 3.23. The first-order valence-electron chi connectivity index (χ1n) is 8.66. The zero-order valence-corrected chi connectivity index (χ0v) is 15.0. The first kappa shape index (κ1) is 17.1. The highest BCUT2D eigenvalue weighted by Crippen LogP contribution is 2.44. The molecule has 8 nitrogen and oxygen atoms in total. The number of oxazole rings is 1. The number of aromatic nitrogens is 1. The maximum absolute atomic E-state index is 5.91. The van der Waals surface area contributed by atoms with Crippen molar-refractivity contribution in [3.05, 3.63) is 23.6 Å². The number of hydrogen-bond acceptors (Lipinski definition) is 8. The molecule has 2 aliphatic heterocycles. The molecular formula is C18H23N3O5. The lowest BCUT2D eigenvalue weighted by atomic mass is 10.2. The molecule has 140 valence electrons. The molecule has 0 aliphatic carbocycles. The smallest absolute Gasteiger partial charge is 0.231 e. The van der Waals surface area contributed by atoms with Gasteiger partial charge in [0.25, 0.3) is 0 Å². The van der Waals surface area contributed by atoms with Gasteiger partial charge in [-0.15, -0.1) is 0 Å². The van der Waals surface area contributed by atoms with Gasteiger partial charge in [-0.2, -0.15) is 0 Å². The molecule has 0 saturated carbocycles. The van der Waals surface area contributed by atoms with Crippen molar-refractivity contribution in [1.29, 1.82) is 0 Å². The summed E-state index contributed by atoms with van der Waals surface area (Å²) in [4.78, 5) is 6.98. The summed E-state index contributed by atoms with van der Waals surface area (Å²) in [6.45, 7) is 5.69. The second-order valence-corrected chi connectivity index (χ2v) is 6.40. The molecule has 0 spiro atoms. The Hall–Kier alpha value is -2.29. The molecule has 2 aliphatic rings. The Labute approximate surface area is 151 Å². The quantitative estimate of drug-likeness (QED) is 0.857. The fourth-order valence-electron chi connectivity index (χ4n) is 3.23. The number of morpholine rings is 1. The van der Waals surface area contributed by atoms with E-state index < -0.39 is 0 Å². The van der Waals surface area contributed by atoms with E-state index in [1.54, 1.807) is 7.11 Å². The Morgan fingerprint density at radius 1 is 1.35 bits per heavy atom. The Morgan fingerprint density at radius 2 is 2.23 bits per heavy atom. The Balaban J connectivity index is 1.57. The normalized spacial score (nSPS) is 19.7. The minimum atomic E-state index is 0.0774. The third-order valence-corrected chi connectivity index (χ3v) is 4.66. The molecule has 2 aromatic rings.